The van der Waals surface area contributed by atoms with Gasteiger partial charge in [-0.1, -0.05) is 19.8 Å². The minimum Gasteiger partial charge on any atom is -0.496 e. The number of nitrogens with one attached hydrogen (secondary N) is 3. The number of hydrogen-bond acceptors (Lipinski definition) is 4. The van der Waals surface area contributed by atoms with Crippen LogP contribution in [0.1, 0.15) is 50.7 Å². The van der Waals surface area contributed by atoms with Gasteiger partial charge < -0.3 is 19.7 Å². The summed E-state index contributed by atoms with van der Waals surface area (Å²) in [6.07, 6.45) is 5.04. The molecule has 3 N–H and O–H groups in total. The Labute approximate surface area is 180 Å². The van der Waals surface area contributed by atoms with Crippen LogP contribution in [0.5, 0.6) is 5.75 Å². The Morgan fingerprint density at radius 1 is 1.28 bits per heavy atom. The van der Waals surface area contributed by atoms with Gasteiger partial charge in [-0.15, -0.1) is 0 Å². The number of morpholine rings is 1. The number of quaternary nitrogens is 1. The first-order chi connectivity index (χ1) is 14.1. The predicted molar refractivity (Wildman–Crippen MR) is 121 cm³/mol. The van der Waals surface area contributed by atoms with Crippen molar-refractivity contribution in [1.82, 2.24) is 10.7 Å². The highest BCUT2D eigenvalue weighted by Gasteiger charge is 2.21. The van der Waals surface area contributed by atoms with Crippen LogP contribution in [-0.2, 0) is 11.3 Å². The van der Waals surface area contributed by atoms with E-state index in [-0.39, 0.29) is 0 Å². The second kappa shape index (κ2) is 10.9. The summed E-state index contributed by atoms with van der Waals surface area (Å²) in [6, 6.07) is 6.71. The molecule has 6 nitrogen and oxygen atoms in total. The summed E-state index contributed by atoms with van der Waals surface area (Å²) in [7, 11) is 1.73. The molecule has 1 heterocycles. The van der Waals surface area contributed by atoms with Crippen molar-refractivity contribution in [3.8, 4) is 5.75 Å². The van der Waals surface area contributed by atoms with Crippen LogP contribution in [0.25, 0.3) is 0 Å². The minimum absolute atomic E-state index is 0.448. The van der Waals surface area contributed by atoms with Crippen molar-refractivity contribution in [2.24, 2.45) is 11.0 Å². The van der Waals surface area contributed by atoms with Crippen LogP contribution in [-0.4, -0.2) is 50.3 Å². The Morgan fingerprint density at radius 3 is 2.76 bits per heavy atom. The van der Waals surface area contributed by atoms with E-state index in [2.05, 4.69) is 34.9 Å². The lowest BCUT2D eigenvalue weighted by atomic mass is 9.86. The minimum atomic E-state index is 0.448. The SMILES string of the molecule is COc1ccc(/C(C)=N\NC(=S)N[C@H]2CCCC[C@H]2C)cc1C[NH+]1CCOCC1. The zero-order valence-electron chi connectivity index (χ0n) is 17.9. The summed E-state index contributed by atoms with van der Waals surface area (Å²) in [6.45, 7) is 8.94. The third-order valence-corrected chi connectivity index (χ3v) is 6.30. The predicted octanol–water partition coefficient (Wildman–Crippen LogP) is 1.88. The molecule has 1 aromatic rings. The number of rotatable bonds is 6. The highest BCUT2D eigenvalue weighted by atomic mass is 32.1. The van der Waals surface area contributed by atoms with Gasteiger partial charge in [-0.3, -0.25) is 5.43 Å². The van der Waals surface area contributed by atoms with Gasteiger partial charge in [-0.2, -0.15) is 5.10 Å². The van der Waals surface area contributed by atoms with Crippen molar-refractivity contribution in [2.45, 2.75) is 52.1 Å². The first-order valence-corrected chi connectivity index (χ1v) is 11.2. The number of thiocarbonyl (C=S) groups is 1. The largest absolute Gasteiger partial charge is 0.496 e. The maximum atomic E-state index is 5.58. The highest BCUT2D eigenvalue weighted by molar-refractivity contribution is 7.80. The fourth-order valence-electron chi connectivity index (χ4n) is 4.18. The molecule has 2 fully saturated rings. The van der Waals surface area contributed by atoms with E-state index in [9.17, 15) is 0 Å². The zero-order valence-corrected chi connectivity index (χ0v) is 18.7. The first-order valence-electron chi connectivity index (χ1n) is 10.8. The fraction of sp³-hybridized carbons (Fsp3) is 0.636. The summed E-state index contributed by atoms with van der Waals surface area (Å²) < 4.78 is 11.1. The average Bonchev–Trinajstić information content (AvgIpc) is 2.74. The molecule has 1 aromatic carbocycles. The standard InChI is InChI=1S/C22H34N4O2S/c1-16-6-4-5-7-20(16)23-22(29)25-24-17(2)18-8-9-21(27-3)19(14-18)15-26-10-12-28-13-11-26/h8-9,14,16,20H,4-7,10-13,15H2,1-3H3,(H2,23,25,29)/p+1/b24-17-/t16-,20+/m1/s1. The Bertz CT molecular complexity index is 719. The Morgan fingerprint density at radius 2 is 2.03 bits per heavy atom. The number of nitrogens with zero attached hydrogens (tertiary/aromatic N) is 1. The van der Waals surface area contributed by atoms with Gasteiger partial charge in [0.2, 0.25) is 0 Å². The third kappa shape index (κ3) is 6.39. The van der Waals surface area contributed by atoms with Gasteiger partial charge in [0.25, 0.3) is 0 Å². The summed E-state index contributed by atoms with van der Waals surface area (Å²) >= 11 is 5.47. The van der Waals surface area contributed by atoms with Gasteiger partial charge in [0.15, 0.2) is 5.11 Å². The van der Waals surface area contributed by atoms with Crippen LogP contribution >= 0.6 is 12.2 Å². The maximum Gasteiger partial charge on any atom is 0.187 e. The van der Waals surface area contributed by atoms with E-state index >= 15 is 0 Å². The molecule has 3 rings (SSSR count). The Hall–Kier alpha value is -1.70. The van der Waals surface area contributed by atoms with E-state index in [0.29, 0.717) is 17.1 Å². The van der Waals surface area contributed by atoms with E-state index in [0.717, 1.165) is 49.9 Å². The molecule has 0 unspecified atom stereocenters. The molecule has 1 aliphatic heterocycles. The van der Waals surface area contributed by atoms with Crippen LogP contribution < -0.4 is 20.4 Å². The van der Waals surface area contributed by atoms with Gasteiger partial charge >= 0.3 is 0 Å². The number of hydrogen-bond donors (Lipinski definition) is 3. The Balaban J connectivity index is 1.62. The lowest BCUT2D eigenvalue weighted by Crippen LogP contribution is -3.12. The quantitative estimate of drug-likeness (QED) is 0.373. The van der Waals surface area contributed by atoms with E-state index in [1.54, 1.807) is 7.11 Å². The molecule has 160 valence electrons. The second-order valence-corrected chi connectivity index (χ2v) is 8.62. The highest BCUT2D eigenvalue weighted by Crippen LogP contribution is 2.23. The molecule has 2 atom stereocenters. The molecular formula is C22H35N4O2S+. The van der Waals surface area contributed by atoms with Crippen molar-refractivity contribution in [3.05, 3.63) is 29.3 Å². The van der Waals surface area contributed by atoms with Crippen molar-refractivity contribution in [2.75, 3.05) is 33.4 Å². The third-order valence-electron chi connectivity index (χ3n) is 6.09. The van der Waals surface area contributed by atoms with E-state index < -0.39 is 0 Å². The van der Waals surface area contributed by atoms with Crippen LogP contribution in [0.4, 0.5) is 0 Å². The summed E-state index contributed by atoms with van der Waals surface area (Å²) in [5, 5.41) is 8.57. The second-order valence-electron chi connectivity index (χ2n) is 8.22. The summed E-state index contributed by atoms with van der Waals surface area (Å²) in [5.74, 6) is 1.58. The van der Waals surface area contributed by atoms with Crippen molar-refractivity contribution >= 4 is 23.0 Å². The number of hydrazone groups is 1. The molecule has 0 aromatic heterocycles. The molecule has 0 amide bonds. The fourth-order valence-corrected chi connectivity index (χ4v) is 4.38. The van der Waals surface area contributed by atoms with Gasteiger partial charge in [0, 0.05) is 11.6 Å². The smallest absolute Gasteiger partial charge is 0.187 e. The van der Waals surface area contributed by atoms with Gasteiger partial charge in [0.05, 0.1) is 26.0 Å². The Kier molecular flexibility index (Phi) is 8.27. The maximum absolute atomic E-state index is 5.58. The van der Waals surface area contributed by atoms with Crippen LogP contribution in [0.15, 0.2) is 23.3 Å². The number of ether oxygens (including phenoxy) is 2. The van der Waals surface area contributed by atoms with Crippen LogP contribution in [0, 0.1) is 5.92 Å². The molecule has 0 spiro atoms. The van der Waals surface area contributed by atoms with Crippen molar-refractivity contribution in [1.29, 1.82) is 0 Å². The van der Waals surface area contributed by atoms with Crippen molar-refractivity contribution < 1.29 is 14.4 Å². The molecule has 1 aliphatic carbocycles. The van der Waals surface area contributed by atoms with E-state index in [1.165, 1.54) is 36.1 Å². The average molecular weight is 420 g/mol. The molecule has 0 radical (unpaired) electrons. The first kappa shape index (κ1) is 22.0. The topological polar surface area (TPSA) is 59.3 Å². The van der Waals surface area contributed by atoms with E-state index in [1.807, 2.05) is 13.0 Å². The lowest BCUT2D eigenvalue weighted by molar-refractivity contribution is -0.921. The molecule has 1 saturated carbocycles. The van der Waals surface area contributed by atoms with Gasteiger partial charge in [0.1, 0.15) is 25.4 Å². The van der Waals surface area contributed by atoms with Gasteiger partial charge in [-0.25, -0.2) is 0 Å². The van der Waals surface area contributed by atoms with Crippen LogP contribution in [0.2, 0.25) is 0 Å². The molecule has 2 aliphatic rings. The summed E-state index contributed by atoms with van der Waals surface area (Å²) in [4.78, 5) is 1.52. The molecule has 29 heavy (non-hydrogen) atoms. The number of benzene rings is 1. The molecular weight excluding hydrogens is 384 g/mol. The number of methoxy groups -OCH3 is 1. The lowest BCUT2D eigenvalue weighted by Gasteiger charge is -2.30. The molecule has 1 saturated heterocycles. The van der Waals surface area contributed by atoms with Crippen molar-refractivity contribution in [3.63, 3.8) is 0 Å². The molecule has 0 bridgehead atoms. The van der Waals surface area contributed by atoms with E-state index in [4.69, 9.17) is 21.7 Å². The summed E-state index contributed by atoms with van der Waals surface area (Å²) in [5.41, 5.74) is 6.22. The van der Waals surface area contributed by atoms with Crippen LogP contribution in [0.3, 0.4) is 0 Å². The zero-order chi connectivity index (χ0) is 20.6. The van der Waals surface area contributed by atoms with Gasteiger partial charge in [-0.05, 0) is 61.7 Å². The normalized spacial score (nSPS) is 23.5. The molecule has 7 heteroatoms. The monoisotopic (exact) mass is 419 g/mol.